The van der Waals surface area contributed by atoms with Crippen molar-refractivity contribution < 1.29 is 41.0 Å². The summed E-state index contributed by atoms with van der Waals surface area (Å²) in [6.45, 7) is -3.26. The van der Waals surface area contributed by atoms with Gasteiger partial charge in [-0.2, -0.15) is 17.5 Å². The number of hydrogen-bond acceptors (Lipinski definition) is 5. The van der Waals surface area contributed by atoms with Crippen LogP contribution in [-0.2, 0) is 24.3 Å². The smallest absolute Gasteiger partial charge is 0.402 e. The molecule has 0 aliphatic carbocycles. The van der Waals surface area contributed by atoms with Gasteiger partial charge >= 0.3 is 18.1 Å². The average Bonchev–Trinajstić information content (AvgIpc) is 2.22. The van der Waals surface area contributed by atoms with Gasteiger partial charge in [0.25, 0.3) is 0 Å². The summed E-state index contributed by atoms with van der Waals surface area (Å²) < 4.78 is 63.4. The molecule has 0 radical (unpaired) electrons. The van der Waals surface area contributed by atoms with Gasteiger partial charge in [-0.25, -0.2) is 8.42 Å². The van der Waals surface area contributed by atoms with Gasteiger partial charge in [0, 0.05) is 0 Å². The number of carbonyl (C=O) groups is 2. The Morgan fingerprint density at radius 3 is 2.21 bits per heavy atom. The maximum absolute atomic E-state index is 12.2. The highest BCUT2D eigenvalue weighted by atomic mass is 32.2. The third kappa shape index (κ3) is 7.62. The molecule has 0 saturated heterocycles. The van der Waals surface area contributed by atoms with Gasteiger partial charge < -0.3 is 9.84 Å². The second kappa shape index (κ2) is 6.70. The number of carboxylic acids is 1. The van der Waals surface area contributed by atoms with Gasteiger partial charge in [0.2, 0.25) is 10.0 Å². The summed E-state index contributed by atoms with van der Waals surface area (Å²) in [7, 11) is -3.54. The topological polar surface area (TPSA) is 101 Å². The molecule has 112 valence electrons. The van der Waals surface area contributed by atoms with Gasteiger partial charge in [-0.1, -0.05) is 0 Å². The summed E-state index contributed by atoms with van der Waals surface area (Å²) in [5, 5.41) is 8.40. The zero-order chi connectivity index (χ0) is 15.3. The molecular formula is C8H12F3NO6S. The predicted octanol–water partition coefficient (Wildman–Crippen LogP) is -0.172. The molecule has 0 aromatic rings. The third-order valence-corrected chi connectivity index (χ3v) is 3.62. The van der Waals surface area contributed by atoms with E-state index in [1.54, 1.807) is 0 Å². The first kappa shape index (κ1) is 17.6. The normalized spacial score (nSPS) is 12.5. The van der Waals surface area contributed by atoms with E-state index in [0.717, 1.165) is 7.11 Å². The van der Waals surface area contributed by atoms with Crippen LogP contribution in [0.25, 0.3) is 0 Å². The van der Waals surface area contributed by atoms with Crippen LogP contribution < -0.4 is 0 Å². The van der Waals surface area contributed by atoms with Crippen molar-refractivity contribution in [2.24, 2.45) is 0 Å². The van der Waals surface area contributed by atoms with E-state index in [2.05, 4.69) is 4.74 Å². The number of aliphatic carboxylic acids is 1. The molecule has 0 aliphatic heterocycles. The molecule has 0 fully saturated rings. The van der Waals surface area contributed by atoms with Crippen LogP contribution in [-0.4, -0.2) is 61.9 Å². The standard InChI is InChI=1S/C8H12F3NO6S/c1-18-7(15)2-3-19(16,17)12(4-6(13)14)5-8(9,10)11/h2-5H2,1H3,(H,13,14). The summed E-state index contributed by atoms with van der Waals surface area (Å²) in [4.78, 5) is 21.1. The first-order valence-electron chi connectivity index (χ1n) is 4.81. The van der Waals surface area contributed by atoms with Crippen LogP contribution in [0, 0.1) is 0 Å². The Bertz CT molecular complexity index is 432. The van der Waals surface area contributed by atoms with Crippen LogP contribution in [0.15, 0.2) is 0 Å². The van der Waals surface area contributed by atoms with Crippen molar-refractivity contribution in [3.05, 3.63) is 0 Å². The molecule has 7 nitrogen and oxygen atoms in total. The van der Waals surface area contributed by atoms with Gasteiger partial charge in [0.1, 0.15) is 13.1 Å². The van der Waals surface area contributed by atoms with Gasteiger partial charge in [0.05, 0.1) is 19.3 Å². The maximum Gasteiger partial charge on any atom is 0.402 e. The quantitative estimate of drug-likeness (QED) is 0.655. The Kier molecular flexibility index (Phi) is 6.22. The number of rotatable bonds is 7. The lowest BCUT2D eigenvalue weighted by Gasteiger charge is -2.21. The van der Waals surface area contributed by atoms with E-state index >= 15 is 0 Å². The van der Waals surface area contributed by atoms with Crippen molar-refractivity contribution in [2.45, 2.75) is 12.6 Å². The van der Waals surface area contributed by atoms with Gasteiger partial charge in [-0.15, -0.1) is 0 Å². The number of halogens is 3. The van der Waals surface area contributed by atoms with Crippen molar-refractivity contribution in [1.29, 1.82) is 0 Å². The van der Waals surface area contributed by atoms with Crippen molar-refractivity contribution in [1.82, 2.24) is 4.31 Å². The van der Waals surface area contributed by atoms with Gasteiger partial charge in [0.15, 0.2) is 0 Å². The highest BCUT2D eigenvalue weighted by molar-refractivity contribution is 7.89. The summed E-state index contributed by atoms with van der Waals surface area (Å²) in [6.07, 6.45) is -5.54. The molecule has 0 heterocycles. The Morgan fingerprint density at radius 2 is 1.84 bits per heavy atom. The fourth-order valence-corrected chi connectivity index (χ4v) is 2.38. The molecule has 0 aromatic carbocycles. The van der Waals surface area contributed by atoms with Crippen LogP contribution >= 0.6 is 0 Å². The van der Waals surface area contributed by atoms with E-state index < -0.39 is 53.4 Å². The highest BCUT2D eigenvalue weighted by Crippen LogP contribution is 2.19. The first-order valence-corrected chi connectivity index (χ1v) is 6.42. The second-order valence-electron chi connectivity index (χ2n) is 3.42. The van der Waals surface area contributed by atoms with E-state index in [9.17, 15) is 31.2 Å². The van der Waals surface area contributed by atoms with E-state index in [0.29, 0.717) is 0 Å². The molecule has 0 unspecified atom stereocenters. The molecule has 19 heavy (non-hydrogen) atoms. The molecule has 0 aliphatic rings. The van der Waals surface area contributed by atoms with Crippen molar-refractivity contribution in [3.63, 3.8) is 0 Å². The molecule has 0 atom stereocenters. The molecule has 0 saturated carbocycles. The number of hydrogen-bond donors (Lipinski definition) is 1. The van der Waals surface area contributed by atoms with E-state index in [-0.39, 0.29) is 4.31 Å². The van der Waals surface area contributed by atoms with Crippen molar-refractivity contribution >= 4 is 22.0 Å². The number of sulfonamides is 1. The maximum atomic E-state index is 12.2. The van der Waals surface area contributed by atoms with E-state index in [1.165, 1.54) is 0 Å². The SMILES string of the molecule is COC(=O)CCS(=O)(=O)N(CC(=O)O)CC(F)(F)F. The lowest BCUT2D eigenvalue weighted by Crippen LogP contribution is -2.43. The Morgan fingerprint density at radius 1 is 1.32 bits per heavy atom. The molecule has 0 spiro atoms. The van der Waals surface area contributed by atoms with Crippen molar-refractivity contribution in [2.75, 3.05) is 26.0 Å². The number of methoxy groups -OCH3 is 1. The monoisotopic (exact) mass is 307 g/mol. The number of carboxylic acid groups (broad SMARTS) is 1. The Hall–Kier alpha value is -1.36. The van der Waals surface area contributed by atoms with Crippen LogP contribution in [0.3, 0.4) is 0 Å². The molecule has 0 rings (SSSR count). The highest BCUT2D eigenvalue weighted by Gasteiger charge is 2.37. The van der Waals surface area contributed by atoms with Crippen molar-refractivity contribution in [3.8, 4) is 0 Å². The molecular weight excluding hydrogens is 295 g/mol. The largest absolute Gasteiger partial charge is 0.480 e. The predicted molar refractivity (Wildman–Crippen MR) is 55.7 cm³/mol. The minimum Gasteiger partial charge on any atom is -0.480 e. The number of esters is 1. The Labute approximate surface area is 107 Å². The lowest BCUT2D eigenvalue weighted by atomic mass is 10.5. The summed E-state index contributed by atoms with van der Waals surface area (Å²) in [6, 6.07) is 0. The number of ether oxygens (including phenoxy) is 1. The van der Waals surface area contributed by atoms with Crippen LogP contribution in [0.1, 0.15) is 6.42 Å². The minimum absolute atomic E-state index is 0.238. The van der Waals surface area contributed by atoms with E-state index in [1.807, 2.05) is 0 Å². The zero-order valence-corrected chi connectivity index (χ0v) is 10.6. The lowest BCUT2D eigenvalue weighted by molar-refractivity contribution is -0.146. The summed E-state index contributed by atoms with van der Waals surface area (Å²) >= 11 is 0. The first-order chi connectivity index (χ1) is 8.48. The van der Waals surface area contributed by atoms with E-state index in [4.69, 9.17) is 5.11 Å². The number of nitrogens with zero attached hydrogens (tertiary/aromatic N) is 1. The third-order valence-electron chi connectivity index (χ3n) is 1.85. The average molecular weight is 307 g/mol. The fraction of sp³-hybridized carbons (Fsp3) is 0.750. The molecule has 11 heteroatoms. The zero-order valence-electron chi connectivity index (χ0n) is 9.81. The van der Waals surface area contributed by atoms with Crippen LogP contribution in [0.2, 0.25) is 0 Å². The Balaban J connectivity index is 4.91. The van der Waals surface area contributed by atoms with Crippen LogP contribution in [0.5, 0.6) is 0 Å². The van der Waals surface area contributed by atoms with Gasteiger partial charge in [-0.3, -0.25) is 9.59 Å². The number of alkyl halides is 3. The fourth-order valence-electron chi connectivity index (χ4n) is 1.05. The molecule has 1 N–H and O–H groups in total. The number of carbonyl (C=O) groups excluding carboxylic acids is 1. The second-order valence-corrected chi connectivity index (χ2v) is 5.51. The van der Waals surface area contributed by atoms with Crippen LogP contribution in [0.4, 0.5) is 13.2 Å². The molecule has 0 amide bonds. The summed E-state index contributed by atoms with van der Waals surface area (Å²) in [5.41, 5.74) is 0. The minimum atomic E-state index is -4.88. The molecule has 0 bridgehead atoms. The van der Waals surface area contributed by atoms with Gasteiger partial charge in [-0.05, 0) is 0 Å². The molecule has 0 aromatic heterocycles. The summed E-state index contributed by atoms with van der Waals surface area (Å²) in [5.74, 6) is -3.61.